The summed E-state index contributed by atoms with van der Waals surface area (Å²) in [6.07, 6.45) is 2.48. The molecule has 0 aromatic rings. The first-order valence-electron chi connectivity index (χ1n) is 8.72. The molecule has 1 amide bonds. The van der Waals surface area contributed by atoms with E-state index in [4.69, 9.17) is 23.7 Å². The third-order valence-electron chi connectivity index (χ3n) is 3.67. The van der Waals surface area contributed by atoms with E-state index in [2.05, 4.69) is 5.32 Å². The molecule has 0 aromatic carbocycles. The van der Waals surface area contributed by atoms with Crippen LogP contribution in [0.4, 0.5) is 4.79 Å². The molecule has 0 bridgehead atoms. The number of ether oxygens (including phenoxy) is 5. The zero-order valence-electron chi connectivity index (χ0n) is 15.8. The zero-order chi connectivity index (χ0) is 18.8. The van der Waals surface area contributed by atoms with E-state index in [-0.39, 0.29) is 26.3 Å². The van der Waals surface area contributed by atoms with E-state index in [1.807, 2.05) is 0 Å². The van der Waals surface area contributed by atoms with E-state index in [0.29, 0.717) is 19.6 Å². The van der Waals surface area contributed by atoms with Crippen LogP contribution in [0.3, 0.4) is 0 Å². The lowest BCUT2D eigenvalue weighted by Crippen LogP contribution is -2.56. The van der Waals surface area contributed by atoms with Gasteiger partial charge >= 0.3 is 6.09 Å². The Kier molecular flexibility index (Phi) is 9.66. The summed E-state index contributed by atoms with van der Waals surface area (Å²) in [7, 11) is 1.51. The van der Waals surface area contributed by atoms with Crippen molar-refractivity contribution in [3.8, 4) is 0 Å². The van der Waals surface area contributed by atoms with E-state index in [9.17, 15) is 9.90 Å². The summed E-state index contributed by atoms with van der Waals surface area (Å²) >= 11 is 0. The van der Waals surface area contributed by atoms with E-state index in [0.717, 1.165) is 19.3 Å². The average Bonchev–Trinajstić information content (AvgIpc) is 2.54. The van der Waals surface area contributed by atoms with Crippen molar-refractivity contribution in [2.45, 2.75) is 63.9 Å². The summed E-state index contributed by atoms with van der Waals surface area (Å²) < 4.78 is 26.8. The minimum Gasteiger partial charge on any atom is -0.444 e. The largest absolute Gasteiger partial charge is 0.444 e. The minimum absolute atomic E-state index is 0.0599. The van der Waals surface area contributed by atoms with Crippen LogP contribution in [0.15, 0.2) is 0 Å². The number of carbonyl (C=O) groups is 1. The Labute approximate surface area is 150 Å². The summed E-state index contributed by atoms with van der Waals surface area (Å²) in [6.45, 7) is 6.16. The molecule has 2 unspecified atom stereocenters. The first-order valence-corrected chi connectivity index (χ1v) is 8.72. The summed E-state index contributed by atoms with van der Waals surface area (Å²) in [5.74, 6) is 0. The summed E-state index contributed by atoms with van der Waals surface area (Å²) in [5.41, 5.74) is -1.65. The third kappa shape index (κ3) is 9.37. The highest BCUT2D eigenvalue weighted by Gasteiger charge is 2.34. The number of alkyl carbamates (subject to hydrolysis) is 1. The number of aliphatic hydroxyl groups excluding tert-OH is 1. The van der Waals surface area contributed by atoms with Crippen LogP contribution in [0, 0.1) is 0 Å². The molecule has 25 heavy (non-hydrogen) atoms. The SMILES string of the molecule is COCOCC(CO)(CCOC1CCCCO1)NC(=O)OC(C)(C)C. The Morgan fingerprint density at radius 1 is 1.32 bits per heavy atom. The molecule has 1 rings (SSSR count). The van der Waals surface area contributed by atoms with Gasteiger partial charge in [-0.25, -0.2) is 4.79 Å². The van der Waals surface area contributed by atoms with E-state index < -0.39 is 17.2 Å². The van der Waals surface area contributed by atoms with Gasteiger partial charge in [0.25, 0.3) is 0 Å². The number of methoxy groups -OCH3 is 1. The normalized spacial score (nSPS) is 20.8. The second kappa shape index (κ2) is 10.9. The Balaban J connectivity index is 2.59. The van der Waals surface area contributed by atoms with Crippen molar-refractivity contribution in [2.75, 3.05) is 40.3 Å². The first kappa shape index (κ1) is 22.1. The molecule has 0 aromatic heterocycles. The monoisotopic (exact) mass is 363 g/mol. The number of carbonyl (C=O) groups excluding carboxylic acids is 1. The molecule has 1 heterocycles. The van der Waals surface area contributed by atoms with Crippen molar-refractivity contribution in [1.82, 2.24) is 5.32 Å². The smallest absolute Gasteiger partial charge is 0.408 e. The second-order valence-corrected chi connectivity index (χ2v) is 7.24. The van der Waals surface area contributed by atoms with Crippen LogP contribution < -0.4 is 5.32 Å². The molecule has 1 saturated heterocycles. The van der Waals surface area contributed by atoms with Crippen LogP contribution in [0.2, 0.25) is 0 Å². The fraction of sp³-hybridized carbons (Fsp3) is 0.941. The van der Waals surface area contributed by atoms with Gasteiger partial charge in [0.1, 0.15) is 12.4 Å². The van der Waals surface area contributed by atoms with Gasteiger partial charge in [0.15, 0.2) is 6.29 Å². The maximum atomic E-state index is 12.1. The fourth-order valence-electron chi connectivity index (χ4n) is 2.40. The predicted molar refractivity (Wildman–Crippen MR) is 91.2 cm³/mol. The molecule has 0 saturated carbocycles. The molecule has 0 spiro atoms. The number of amides is 1. The van der Waals surface area contributed by atoms with Crippen LogP contribution in [-0.4, -0.2) is 69.0 Å². The number of aliphatic hydroxyl groups is 1. The van der Waals surface area contributed by atoms with Gasteiger partial charge in [-0.1, -0.05) is 0 Å². The lowest BCUT2D eigenvalue weighted by Gasteiger charge is -2.34. The van der Waals surface area contributed by atoms with Crippen LogP contribution in [0.1, 0.15) is 46.5 Å². The maximum Gasteiger partial charge on any atom is 0.408 e. The fourth-order valence-corrected chi connectivity index (χ4v) is 2.40. The van der Waals surface area contributed by atoms with Crippen molar-refractivity contribution >= 4 is 6.09 Å². The van der Waals surface area contributed by atoms with Crippen molar-refractivity contribution < 1.29 is 33.6 Å². The lowest BCUT2D eigenvalue weighted by molar-refractivity contribution is -0.167. The quantitative estimate of drug-likeness (QED) is 0.451. The molecule has 2 N–H and O–H groups in total. The highest BCUT2D eigenvalue weighted by atomic mass is 16.7. The Hall–Kier alpha value is -0.930. The molecule has 0 aliphatic carbocycles. The van der Waals surface area contributed by atoms with Crippen molar-refractivity contribution in [1.29, 1.82) is 0 Å². The molecule has 1 aliphatic heterocycles. The summed E-state index contributed by atoms with van der Waals surface area (Å²) in [5, 5.41) is 12.6. The van der Waals surface area contributed by atoms with Gasteiger partial charge in [-0.3, -0.25) is 0 Å². The van der Waals surface area contributed by atoms with Gasteiger partial charge in [-0.15, -0.1) is 0 Å². The van der Waals surface area contributed by atoms with Crippen molar-refractivity contribution in [2.24, 2.45) is 0 Å². The molecular formula is C17H33NO7. The Morgan fingerprint density at radius 3 is 2.64 bits per heavy atom. The molecule has 148 valence electrons. The molecule has 8 heteroatoms. The van der Waals surface area contributed by atoms with Crippen LogP contribution in [-0.2, 0) is 23.7 Å². The van der Waals surface area contributed by atoms with E-state index in [1.165, 1.54) is 7.11 Å². The standard InChI is InChI=1S/C17H33NO7/c1-16(2,3)25-15(20)18-17(11-19,12-22-13-21-4)8-10-24-14-7-5-6-9-23-14/h14,19H,5-13H2,1-4H3,(H,18,20). The Morgan fingerprint density at radius 2 is 2.08 bits per heavy atom. The molecule has 2 atom stereocenters. The lowest BCUT2D eigenvalue weighted by atomic mass is 9.98. The third-order valence-corrected chi connectivity index (χ3v) is 3.67. The number of nitrogens with one attached hydrogen (secondary N) is 1. The second-order valence-electron chi connectivity index (χ2n) is 7.24. The highest BCUT2D eigenvalue weighted by molar-refractivity contribution is 5.68. The van der Waals surface area contributed by atoms with Gasteiger partial charge in [-0.2, -0.15) is 0 Å². The first-order chi connectivity index (χ1) is 11.8. The summed E-state index contributed by atoms with van der Waals surface area (Å²) in [6, 6.07) is 0. The van der Waals surface area contributed by atoms with Crippen LogP contribution >= 0.6 is 0 Å². The van der Waals surface area contributed by atoms with Gasteiger partial charge < -0.3 is 34.1 Å². The zero-order valence-corrected chi connectivity index (χ0v) is 15.8. The topological polar surface area (TPSA) is 95.5 Å². The molecule has 1 fully saturated rings. The molecule has 0 radical (unpaired) electrons. The highest BCUT2D eigenvalue weighted by Crippen LogP contribution is 2.18. The van der Waals surface area contributed by atoms with Gasteiger partial charge in [0, 0.05) is 13.7 Å². The Bertz CT molecular complexity index is 380. The molecule has 8 nitrogen and oxygen atoms in total. The minimum atomic E-state index is -1.02. The number of hydrogen-bond donors (Lipinski definition) is 2. The maximum absolute atomic E-state index is 12.1. The molecule has 1 aliphatic rings. The van der Waals surface area contributed by atoms with Gasteiger partial charge in [0.2, 0.25) is 0 Å². The van der Waals surface area contributed by atoms with Crippen LogP contribution in [0.25, 0.3) is 0 Å². The van der Waals surface area contributed by atoms with Crippen molar-refractivity contribution in [3.63, 3.8) is 0 Å². The van der Waals surface area contributed by atoms with Gasteiger partial charge in [-0.05, 0) is 46.5 Å². The number of rotatable bonds is 10. The number of hydrogen-bond acceptors (Lipinski definition) is 7. The summed E-state index contributed by atoms with van der Waals surface area (Å²) in [4.78, 5) is 12.1. The molecular weight excluding hydrogens is 330 g/mol. The van der Waals surface area contributed by atoms with Crippen LogP contribution in [0.5, 0.6) is 0 Å². The average molecular weight is 363 g/mol. The van der Waals surface area contributed by atoms with E-state index in [1.54, 1.807) is 20.8 Å². The van der Waals surface area contributed by atoms with E-state index >= 15 is 0 Å². The van der Waals surface area contributed by atoms with Gasteiger partial charge in [0.05, 0.1) is 25.4 Å². The predicted octanol–water partition coefficient (Wildman–Crippen LogP) is 1.80. The van der Waals surface area contributed by atoms with Crippen molar-refractivity contribution in [3.05, 3.63) is 0 Å².